The van der Waals surface area contributed by atoms with E-state index in [1.807, 2.05) is 30.3 Å². The number of ether oxygens (including phenoxy) is 1. The predicted molar refractivity (Wildman–Crippen MR) is 98.3 cm³/mol. The van der Waals surface area contributed by atoms with E-state index in [0.29, 0.717) is 0 Å². The van der Waals surface area contributed by atoms with Gasteiger partial charge in [0.25, 0.3) is 0 Å². The van der Waals surface area contributed by atoms with Gasteiger partial charge in [-0.05, 0) is 31.3 Å². The molecule has 0 radical (unpaired) electrons. The lowest BCUT2D eigenvalue weighted by molar-refractivity contribution is 0.223. The maximum Gasteiger partial charge on any atom is 0.124 e. The zero-order chi connectivity index (χ0) is 16.1. The summed E-state index contributed by atoms with van der Waals surface area (Å²) in [6.45, 7) is 8.17. The van der Waals surface area contributed by atoms with Crippen molar-refractivity contribution in [3.05, 3.63) is 48.5 Å². The zero-order valence-electron chi connectivity index (χ0n) is 13.7. The predicted octanol–water partition coefficient (Wildman–Crippen LogP) is 4.68. The Labute approximate surface area is 141 Å². The van der Waals surface area contributed by atoms with E-state index < -0.39 is 0 Å². The van der Waals surface area contributed by atoms with Crippen LogP contribution in [-0.4, -0.2) is 36.1 Å². The lowest BCUT2D eigenvalue weighted by Crippen LogP contribution is -2.27. The lowest BCUT2D eigenvalue weighted by atomic mass is 10.2. The molecule has 1 aromatic heterocycles. The maximum absolute atomic E-state index is 5.90. The average molecular weight is 326 g/mol. The smallest absolute Gasteiger partial charge is 0.124 e. The van der Waals surface area contributed by atoms with Gasteiger partial charge in [-0.3, -0.25) is 0 Å². The van der Waals surface area contributed by atoms with Crippen LogP contribution in [0, 0.1) is 0 Å². The summed E-state index contributed by atoms with van der Waals surface area (Å²) in [6, 6.07) is 16.5. The lowest BCUT2D eigenvalue weighted by Gasteiger charge is -2.17. The van der Waals surface area contributed by atoms with Gasteiger partial charge in [-0.1, -0.05) is 44.2 Å². The van der Waals surface area contributed by atoms with E-state index in [0.717, 1.165) is 48.1 Å². The van der Waals surface area contributed by atoms with Crippen molar-refractivity contribution in [2.45, 2.75) is 13.8 Å². The number of fused-ring (bicyclic) bond motifs is 1. The van der Waals surface area contributed by atoms with Gasteiger partial charge in [-0.15, -0.1) is 11.3 Å². The summed E-state index contributed by atoms with van der Waals surface area (Å²) in [5, 5.41) is 1.06. The molecule has 120 valence electrons. The Balaban J connectivity index is 1.72. The van der Waals surface area contributed by atoms with Gasteiger partial charge >= 0.3 is 0 Å². The van der Waals surface area contributed by atoms with Crippen molar-refractivity contribution in [3.8, 4) is 16.3 Å². The standard InChI is InChI=1S/C19H22N2OS/c1-3-21(4-2)12-13-22-16-10-11-17-18(14-16)23-19(20-17)15-8-6-5-7-9-15/h5-11,14H,3-4,12-13H2,1-2H3. The van der Waals surface area contributed by atoms with Crippen LogP contribution in [0.4, 0.5) is 0 Å². The Bertz CT molecular complexity index is 750. The minimum absolute atomic E-state index is 0.720. The third kappa shape index (κ3) is 3.89. The zero-order valence-corrected chi connectivity index (χ0v) is 14.5. The summed E-state index contributed by atoms with van der Waals surface area (Å²) in [7, 11) is 0. The van der Waals surface area contributed by atoms with Crippen LogP contribution in [0.3, 0.4) is 0 Å². The molecular formula is C19H22N2OS. The van der Waals surface area contributed by atoms with E-state index in [4.69, 9.17) is 9.72 Å². The van der Waals surface area contributed by atoms with Crippen LogP contribution >= 0.6 is 11.3 Å². The highest BCUT2D eigenvalue weighted by Gasteiger charge is 2.07. The second-order valence-electron chi connectivity index (χ2n) is 5.39. The number of aromatic nitrogens is 1. The monoisotopic (exact) mass is 326 g/mol. The SMILES string of the molecule is CCN(CC)CCOc1ccc2nc(-c3ccccc3)sc2c1. The quantitative estimate of drug-likeness (QED) is 0.630. The Morgan fingerprint density at radius 2 is 1.83 bits per heavy atom. The molecule has 0 aliphatic rings. The molecule has 4 heteroatoms. The molecule has 0 aliphatic heterocycles. The van der Waals surface area contributed by atoms with Crippen molar-refractivity contribution in [1.29, 1.82) is 0 Å². The molecule has 0 amide bonds. The first-order valence-electron chi connectivity index (χ1n) is 8.11. The molecule has 3 rings (SSSR count). The number of nitrogens with zero attached hydrogens (tertiary/aromatic N) is 2. The van der Waals surface area contributed by atoms with Gasteiger partial charge in [0, 0.05) is 12.1 Å². The van der Waals surface area contributed by atoms with Gasteiger partial charge in [0.1, 0.15) is 17.4 Å². The Kier molecular flexibility index (Phi) is 5.26. The molecule has 0 atom stereocenters. The highest BCUT2D eigenvalue weighted by Crippen LogP contribution is 2.32. The molecule has 3 aromatic rings. The molecule has 0 fully saturated rings. The fourth-order valence-corrected chi connectivity index (χ4v) is 3.53. The van der Waals surface area contributed by atoms with Gasteiger partial charge < -0.3 is 9.64 Å². The number of likely N-dealkylation sites (N-methyl/N-ethyl adjacent to an activating group) is 1. The molecule has 0 saturated carbocycles. The van der Waals surface area contributed by atoms with Gasteiger partial charge in [0.2, 0.25) is 0 Å². The highest BCUT2D eigenvalue weighted by atomic mass is 32.1. The second kappa shape index (κ2) is 7.57. The van der Waals surface area contributed by atoms with Gasteiger partial charge in [0.15, 0.2) is 0 Å². The molecule has 2 aromatic carbocycles. The molecule has 1 heterocycles. The summed E-state index contributed by atoms with van der Waals surface area (Å²) in [5.41, 5.74) is 2.20. The fourth-order valence-electron chi connectivity index (χ4n) is 2.53. The summed E-state index contributed by atoms with van der Waals surface area (Å²) in [6.07, 6.45) is 0. The normalized spacial score (nSPS) is 11.3. The first kappa shape index (κ1) is 16.0. The Morgan fingerprint density at radius 3 is 2.57 bits per heavy atom. The average Bonchev–Trinajstić information content (AvgIpc) is 3.03. The first-order valence-corrected chi connectivity index (χ1v) is 8.93. The van der Waals surface area contributed by atoms with Crippen molar-refractivity contribution in [3.63, 3.8) is 0 Å². The minimum Gasteiger partial charge on any atom is -0.492 e. The van der Waals surface area contributed by atoms with Crippen LogP contribution in [0.1, 0.15) is 13.8 Å². The van der Waals surface area contributed by atoms with Crippen LogP contribution in [-0.2, 0) is 0 Å². The number of hydrogen-bond acceptors (Lipinski definition) is 4. The molecule has 3 nitrogen and oxygen atoms in total. The van der Waals surface area contributed by atoms with Crippen LogP contribution < -0.4 is 4.74 Å². The van der Waals surface area contributed by atoms with E-state index >= 15 is 0 Å². The van der Waals surface area contributed by atoms with Crippen LogP contribution in [0.15, 0.2) is 48.5 Å². The van der Waals surface area contributed by atoms with E-state index in [2.05, 4.69) is 36.9 Å². The summed E-state index contributed by atoms with van der Waals surface area (Å²) in [4.78, 5) is 7.07. The highest BCUT2D eigenvalue weighted by molar-refractivity contribution is 7.21. The summed E-state index contributed by atoms with van der Waals surface area (Å²) < 4.78 is 7.07. The molecule has 23 heavy (non-hydrogen) atoms. The van der Waals surface area contributed by atoms with Gasteiger partial charge in [-0.2, -0.15) is 0 Å². The second-order valence-corrected chi connectivity index (χ2v) is 6.42. The van der Waals surface area contributed by atoms with Crippen molar-refractivity contribution in [2.75, 3.05) is 26.2 Å². The molecule has 0 saturated heterocycles. The minimum atomic E-state index is 0.720. The summed E-state index contributed by atoms with van der Waals surface area (Å²) >= 11 is 1.71. The van der Waals surface area contributed by atoms with Crippen molar-refractivity contribution in [1.82, 2.24) is 9.88 Å². The maximum atomic E-state index is 5.90. The van der Waals surface area contributed by atoms with E-state index in [9.17, 15) is 0 Å². The fraction of sp³-hybridized carbons (Fsp3) is 0.316. The third-order valence-electron chi connectivity index (χ3n) is 3.95. The molecule has 0 spiro atoms. The Hall–Kier alpha value is -1.91. The topological polar surface area (TPSA) is 25.4 Å². The molecule has 0 unspecified atom stereocenters. The van der Waals surface area contributed by atoms with Crippen LogP contribution in [0.5, 0.6) is 5.75 Å². The molecular weight excluding hydrogens is 304 g/mol. The third-order valence-corrected chi connectivity index (χ3v) is 5.02. The van der Waals surface area contributed by atoms with Crippen molar-refractivity contribution in [2.24, 2.45) is 0 Å². The van der Waals surface area contributed by atoms with Gasteiger partial charge in [0.05, 0.1) is 10.2 Å². The van der Waals surface area contributed by atoms with E-state index in [1.165, 1.54) is 4.70 Å². The largest absolute Gasteiger partial charge is 0.492 e. The summed E-state index contributed by atoms with van der Waals surface area (Å²) in [5.74, 6) is 0.924. The number of rotatable bonds is 7. The number of thiazole rings is 1. The van der Waals surface area contributed by atoms with E-state index in [1.54, 1.807) is 11.3 Å². The van der Waals surface area contributed by atoms with E-state index in [-0.39, 0.29) is 0 Å². The van der Waals surface area contributed by atoms with Crippen LogP contribution in [0.2, 0.25) is 0 Å². The van der Waals surface area contributed by atoms with Crippen molar-refractivity contribution >= 4 is 21.6 Å². The number of benzene rings is 2. The van der Waals surface area contributed by atoms with Crippen molar-refractivity contribution < 1.29 is 4.74 Å². The Morgan fingerprint density at radius 1 is 1.04 bits per heavy atom. The van der Waals surface area contributed by atoms with Gasteiger partial charge in [-0.25, -0.2) is 4.98 Å². The van der Waals surface area contributed by atoms with Crippen LogP contribution in [0.25, 0.3) is 20.8 Å². The number of hydrogen-bond donors (Lipinski definition) is 0. The molecule has 0 N–H and O–H groups in total. The molecule has 0 aliphatic carbocycles. The molecule has 0 bridgehead atoms. The first-order chi connectivity index (χ1) is 11.3.